The topological polar surface area (TPSA) is 173 Å². The number of nitrogens with two attached hydrogens (primary N) is 2. The summed E-state index contributed by atoms with van der Waals surface area (Å²) >= 11 is 0. The number of rotatable bonds is 5. The Balaban J connectivity index is 0. The Morgan fingerprint density at radius 1 is 1.40 bits per heavy atom. The molecule has 0 heterocycles. The van der Waals surface area contributed by atoms with Crippen LogP contribution in [-0.2, 0) is 19.2 Å². The van der Waals surface area contributed by atoms with E-state index in [0.717, 1.165) is 0 Å². The van der Waals surface area contributed by atoms with Gasteiger partial charge in [0.1, 0.15) is 6.04 Å². The molecule has 0 bridgehead atoms. The van der Waals surface area contributed by atoms with Crippen molar-refractivity contribution in [2.45, 2.75) is 18.1 Å². The van der Waals surface area contributed by atoms with Crippen LogP contribution in [0.5, 0.6) is 0 Å². The fourth-order valence-electron chi connectivity index (χ4n) is 0.817. The highest BCUT2D eigenvalue weighted by Gasteiger charge is 2.48. The summed E-state index contributed by atoms with van der Waals surface area (Å²) in [6.07, 6.45) is -1.25. The first-order valence-corrected chi connectivity index (χ1v) is 3.59. The van der Waals surface area contributed by atoms with Gasteiger partial charge in [-0.25, -0.2) is 9.59 Å². The predicted molar refractivity (Wildman–Crippen MR) is 44.2 cm³/mol. The van der Waals surface area contributed by atoms with E-state index in [0.29, 0.717) is 0 Å². The zero-order chi connectivity index (χ0) is 12.2. The maximum Gasteiger partial charge on any atom is 1.00 e. The second-order valence-corrected chi connectivity index (χ2v) is 2.71. The van der Waals surface area contributed by atoms with E-state index in [2.05, 4.69) is 10.7 Å². The van der Waals surface area contributed by atoms with Crippen molar-refractivity contribution in [3.63, 3.8) is 0 Å². The smallest absolute Gasteiger partial charge is 0.481 e. The van der Waals surface area contributed by atoms with Crippen molar-refractivity contribution in [1.29, 1.82) is 0 Å². The average Bonchev–Trinajstić information content (AvgIpc) is 2.13. The van der Waals surface area contributed by atoms with E-state index in [1.165, 1.54) is 0 Å². The van der Waals surface area contributed by atoms with E-state index in [1.807, 2.05) is 0 Å². The fraction of sp³-hybridized carbons (Fsp3) is 0.500. The van der Waals surface area contributed by atoms with Gasteiger partial charge in [0, 0.05) is 0 Å². The molecule has 0 aromatic heterocycles. The number of carbonyl (C=O) groups is 3. The molecule has 0 fully saturated rings. The molecule has 0 aromatic rings. The molecule has 0 aliphatic heterocycles. The summed E-state index contributed by atoms with van der Waals surface area (Å²) in [5, 5.41) is 26.3. The number of aliphatic hydroxyl groups is 1. The van der Waals surface area contributed by atoms with Crippen molar-refractivity contribution in [3.8, 4) is 0 Å². The van der Waals surface area contributed by atoms with Gasteiger partial charge in [0.15, 0.2) is 5.60 Å². The summed E-state index contributed by atoms with van der Waals surface area (Å²) in [4.78, 5) is 35.2. The highest BCUT2D eigenvalue weighted by molar-refractivity contribution is 5.91. The van der Waals surface area contributed by atoms with Crippen molar-refractivity contribution < 1.29 is 36.0 Å². The highest BCUT2D eigenvalue weighted by Crippen LogP contribution is 2.15. The first-order valence-electron chi connectivity index (χ1n) is 3.59. The zero-order valence-corrected chi connectivity index (χ0v) is 7.41. The molecule has 0 aliphatic rings. The normalized spacial score (nSPS) is 16.2. The Morgan fingerprint density at radius 3 is 2.13 bits per heavy atom. The number of carboxylic acids is 2. The Morgan fingerprint density at radius 2 is 1.87 bits per heavy atom. The number of hydrogen-bond acceptors (Lipinski definition) is 7. The minimum Gasteiger partial charge on any atom is -0.481 e. The molecule has 0 saturated carbocycles. The maximum atomic E-state index is 10.8. The summed E-state index contributed by atoms with van der Waals surface area (Å²) in [6.45, 7) is 0. The quantitative estimate of drug-likeness (QED) is 0.307. The zero-order valence-electron chi connectivity index (χ0n) is 8.41. The molecule has 0 aromatic carbocycles. The molecule has 0 spiro atoms. The van der Waals surface area contributed by atoms with Crippen LogP contribution in [0, 0.1) is 0 Å². The van der Waals surface area contributed by atoms with Crippen molar-refractivity contribution in [3.05, 3.63) is 0 Å². The number of aliphatic carboxylic acids is 2. The van der Waals surface area contributed by atoms with E-state index in [1.54, 1.807) is 0 Å². The Hall–Kier alpha value is -1.71. The van der Waals surface area contributed by atoms with Crippen molar-refractivity contribution in [1.82, 2.24) is 0 Å². The number of carboxylic acid groups (broad SMARTS) is 2. The molecule has 0 radical (unpaired) electrons. The number of hydrogen-bond donors (Lipinski definition) is 5. The van der Waals surface area contributed by atoms with E-state index in [9.17, 15) is 19.5 Å². The molecule has 9 nitrogen and oxygen atoms in total. The fourth-order valence-corrected chi connectivity index (χ4v) is 0.817. The van der Waals surface area contributed by atoms with Crippen LogP contribution in [-0.4, -0.2) is 44.9 Å². The molecule has 2 unspecified atom stereocenters. The summed E-state index contributed by atoms with van der Waals surface area (Å²) in [5.74, 6) is -0.604. The van der Waals surface area contributed by atoms with Gasteiger partial charge in [-0.1, -0.05) is 0 Å². The molecule has 15 heavy (non-hydrogen) atoms. The third-order valence-corrected chi connectivity index (χ3v) is 1.68. The van der Waals surface area contributed by atoms with Crippen LogP contribution >= 0.6 is 0 Å². The third kappa shape index (κ3) is 2.87. The third-order valence-electron chi connectivity index (χ3n) is 1.68. The molecule has 9 heteroatoms. The first kappa shape index (κ1) is 13.3. The molecule has 86 valence electrons. The molecular formula is C6H11N2O7+. The van der Waals surface area contributed by atoms with Crippen molar-refractivity contribution in [2.75, 3.05) is 0 Å². The van der Waals surface area contributed by atoms with E-state index in [-0.39, 0.29) is 1.43 Å². The lowest BCUT2D eigenvalue weighted by Gasteiger charge is -2.25. The standard InChI is InChI=1S/C6H10N2O7/c7-3(4(11)15-8)6(14,5(12)13)1-2(9)10/h3,14H,1,7-8H2,(H,9,10)(H,12,13)/p+1. The van der Waals surface area contributed by atoms with Crippen LogP contribution in [0.4, 0.5) is 0 Å². The number of carbonyl (C=O) groups excluding carboxylic acids is 1. The molecule has 2 atom stereocenters. The second kappa shape index (κ2) is 4.68. The van der Waals surface area contributed by atoms with Crippen molar-refractivity contribution >= 4 is 17.9 Å². The molecule has 0 saturated heterocycles. The van der Waals surface area contributed by atoms with Gasteiger partial charge < -0.3 is 25.9 Å². The molecule has 0 aliphatic carbocycles. The van der Waals surface area contributed by atoms with E-state index in [4.69, 9.17) is 15.9 Å². The van der Waals surface area contributed by atoms with Crippen LogP contribution in [0.25, 0.3) is 0 Å². The van der Waals surface area contributed by atoms with Crippen molar-refractivity contribution in [2.24, 2.45) is 11.6 Å². The molecule has 7 N–H and O–H groups in total. The van der Waals surface area contributed by atoms with E-state index < -0.39 is 36.0 Å². The SMILES string of the molecule is NOC(=O)C(N)C(O)(CC(=O)O)C(=O)O.[H+]. The summed E-state index contributed by atoms with van der Waals surface area (Å²) in [6, 6.07) is -2.09. The highest BCUT2D eigenvalue weighted by atomic mass is 16.7. The summed E-state index contributed by atoms with van der Waals surface area (Å²) in [5.41, 5.74) is 2.05. The van der Waals surface area contributed by atoms with Gasteiger partial charge in [0.2, 0.25) is 0 Å². The first-order chi connectivity index (χ1) is 6.75. The Labute approximate surface area is 84.7 Å². The molecule has 0 amide bonds. The lowest BCUT2D eigenvalue weighted by molar-refractivity contribution is -0.174. The largest absolute Gasteiger partial charge is 1.00 e. The van der Waals surface area contributed by atoms with Gasteiger partial charge in [-0.3, -0.25) is 4.79 Å². The minimum atomic E-state index is -2.96. The Kier molecular flexibility index (Phi) is 4.15. The van der Waals surface area contributed by atoms with Gasteiger partial charge in [-0.2, -0.15) is 5.90 Å². The van der Waals surface area contributed by atoms with Gasteiger partial charge in [-0.15, -0.1) is 0 Å². The van der Waals surface area contributed by atoms with Crippen LogP contribution in [0.3, 0.4) is 0 Å². The molecule has 0 rings (SSSR count). The van der Waals surface area contributed by atoms with Crippen LogP contribution in [0.2, 0.25) is 0 Å². The summed E-state index contributed by atoms with van der Waals surface area (Å²) < 4.78 is 0. The lowest BCUT2D eigenvalue weighted by atomic mass is 9.91. The minimum absolute atomic E-state index is 0. The Bertz CT molecular complexity index is 297. The van der Waals surface area contributed by atoms with Crippen LogP contribution in [0.15, 0.2) is 0 Å². The summed E-state index contributed by atoms with van der Waals surface area (Å²) in [7, 11) is 0. The average molecular weight is 223 g/mol. The lowest BCUT2D eigenvalue weighted by Crippen LogP contribution is -2.59. The molecular weight excluding hydrogens is 212 g/mol. The van der Waals surface area contributed by atoms with Gasteiger partial charge in [0.05, 0.1) is 6.42 Å². The van der Waals surface area contributed by atoms with Crippen LogP contribution in [0.1, 0.15) is 7.85 Å². The van der Waals surface area contributed by atoms with Crippen LogP contribution < -0.4 is 11.6 Å². The van der Waals surface area contributed by atoms with Gasteiger partial charge >= 0.3 is 19.3 Å². The second-order valence-electron chi connectivity index (χ2n) is 2.71. The van der Waals surface area contributed by atoms with E-state index >= 15 is 0 Å². The van der Waals surface area contributed by atoms with Gasteiger partial charge in [-0.05, 0) is 0 Å². The monoisotopic (exact) mass is 223 g/mol. The maximum absolute atomic E-state index is 10.8. The van der Waals surface area contributed by atoms with Gasteiger partial charge in [0.25, 0.3) is 0 Å². The predicted octanol–water partition coefficient (Wildman–Crippen LogP) is -2.87.